The van der Waals surface area contributed by atoms with Gasteiger partial charge in [-0.3, -0.25) is 4.79 Å². The Balaban J connectivity index is 1.72. The minimum atomic E-state index is -0.152. The van der Waals surface area contributed by atoms with Crippen molar-refractivity contribution in [3.8, 4) is 10.4 Å². The van der Waals surface area contributed by atoms with Gasteiger partial charge in [0.25, 0.3) is 5.56 Å². The molecule has 0 spiro atoms. The highest BCUT2D eigenvalue weighted by molar-refractivity contribution is 7.18. The zero-order valence-corrected chi connectivity index (χ0v) is 15.9. The lowest BCUT2D eigenvalue weighted by Gasteiger charge is -2.11. The van der Waals surface area contributed by atoms with Crippen LogP contribution in [0.15, 0.2) is 63.4 Å². The molecular weight excluding hydrogens is 364 g/mol. The van der Waals surface area contributed by atoms with Gasteiger partial charge in [0.2, 0.25) is 0 Å². The molecule has 0 saturated carbocycles. The fraction of sp³-hybridized carbons (Fsp3) is 0.105. The topological polar surface area (TPSA) is 50.5 Å². The maximum atomic E-state index is 12.9. The van der Waals surface area contributed by atoms with Crippen molar-refractivity contribution in [1.82, 2.24) is 9.66 Å². The first-order chi connectivity index (χ1) is 12.6. The number of thiophene rings is 2. The summed E-state index contributed by atoms with van der Waals surface area (Å²) in [4.78, 5) is 21.1. The fourth-order valence-corrected chi connectivity index (χ4v) is 4.33. The first-order valence-corrected chi connectivity index (χ1v) is 9.74. The van der Waals surface area contributed by atoms with Crippen molar-refractivity contribution in [1.29, 1.82) is 0 Å². The molecule has 0 atom stereocenters. The van der Waals surface area contributed by atoms with E-state index in [2.05, 4.69) is 10.1 Å². The van der Waals surface area contributed by atoms with E-state index >= 15 is 0 Å². The van der Waals surface area contributed by atoms with E-state index < -0.39 is 0 Å². The van der Waals surface area contributed by atoms with Crippen LogP contribution in [0.25, 0.3) is 20.7 Å². The molecule has 0 unspecified atom stereocenters. The lowest BCUT2D eigenvalue weighted by Crippen LogP contribution is -2.16. The molecule has 4 aromatic rings. The summed E-state index contributed by atoms with van der Waals surface area (Å²) >= 11 is 3.09. The van der Waals surface area contributed by atoms with Gasteiger partial charge in [0.05, 0.1) is 11.6 Å². The van der Waals surface area contributed by atoms with Crippen molar-refractivity contribution in [2.24, 2.45) is 5.10 Å². The molecule has 0 fully saturated rings. The summed E-state index contributed by atoms with van der Waals surface area (Å²) in [7, 11) is 3.99. The van der Waals surface area contributed by atoms with Crippen LogP contribution in [0.4, 0.5) is 5.69 Å². The normalized spacial score (nSPS) is 11.5. The molecule has 7 heteroatoms. The molecule has 0 aliphatic rings. The average Bonchev–Trinajstić information content (AvgIpc) is 3.31. The van der Waals surface area contributed by atoms with Crippen LogP contribution in [0, 0.1) is 0 Å². The van der Waals surface area contributed by atoms with Gasteiger partial charge >= 0.3 is 0 Å². The predicted octanol–water partition coefficient (Wildman–Crippen LogP) is 4.13. The van der Waals surface area contributed by atoms with Gasteiger partial charge in [-0.1, -0.05) is 18.2 Å². The SMILES string of the molecule is CN(C)c1ccc(/C=N\n2cnc3scc(-c4cccs4)c3c2=O)cc1. The Morgan fingerprint density at radius 1 is 1.15 bits per heavy atom. The Morgan fingerprint density at radius 2 is 1.96 bits per heavy atom. The van der Waals surface area contributed by atoms with Crippen LogP contribution >= 0.6 is 22.7 Å². The van der Waals surface area contributed by atoms with Gasteiger partial charge in [-0.15, -0.1) is 22.7 Å². The van der Waals surface area contributed by atoms with E-state index in [1.807, 2.05) is 66.2 Å². The number of hydrogen-bond donors (Lipinski definition) is 0. The van der Waals surface area contributed by atoms with Gasteiger partial charge in [-0.25, -0.2) is 4.98 Å². The van der Waals surface area contributed by atoms with Crippen LogP contribution in [0.5, 0.6) is 0 Å². The molecule has 0 aliphatic heterocycles. The van der Waals surface area contributed by atoms with Gasteiger partial charge in [-0.05, 0) is 29.1 Å². The fourth-order valence-electron chi connectivity index (χ4n) is 2.61. The number of nitrogens with zero attached hydrogens (tertiary/aromatic N) is 4. The third-order valence-corrected chi connectivity index (χ3v) is 5.79. The lowest BCUT2D eigenvalue weighted by molar-refractivity contribution is 0.819. The van der Waals surface area contributed by atoms with Gasteiger partial charge in [0.1, 0.15) is 11.2 Å². The highest BCUT2D eigenvalue weighted by Gasteiger charge is 2.13. The summed E-state index contributed by atoms with van der Waals surface area (Å²) < 4.78 is 1.30. The molecule has 5 nitrogen and oxygen atoms in total. The van der Waals surface area contributed by atoms with E-state index in [4.69, 9.17) is 0 Å². The lowest BCUT2D eigenvalue weighted by atomic mass is 10.2. The van der Waals surface area contributed by atoms with Crippen molar-refractivity contribution in [3.05, 3.63) is 69.4 Å². The van der Waals surface area contributed by atoms with Crippen molar-refractivity contribution in [3.63, 3.8) is 0 Å². The van der Waals surface area contributed by atoms with E-state index in [0.717, 1.165) is 26.5 Å². The molecule has 4 rings (SSSR count). The van der Waals surface area contributed by atoms with Gasteiger partial charge in [0.15, 0.2) is 0 Å². The Labute approximate surface area is 158 Å². The summed E-state index contributed by atoms with van der Waals surface area (Å²) in [5, 5.41) is 8.93. The van der Waals surface area contributed by atoms with E-state index in [9.17, 15) is 4.79 Å². The summed E-state index contributed by atoms with van der Waals surface area (Å²) in [6, 6.07) is 12.0. The number of fused-ring (bicyclic) bond motifs is 1. The smallest absolute Gasteiger partial charge is 0.283 e. The molecule has 0 saturated heterocycles. The minimum Gasteiger partial charge on any atom is -0.378 e. The molecule has 130 valence electrons. The number of anilines is 1. The van der Waals surface area contributed by atoms with Gasteiger partial charge in [0, 0.05) is 35.6 Å². The second-order valence-electron chi connectivity index (χ2n) is 5.93. The third-order valence-electron chi connectivity index (χ3n) is 4.01. The predicted molar refractivity (Wildman–Crippen MR) is 111 cm³/mol. The molecule has 0 N–H and O–H groups in total. The quantitative estimate of drug-likeness (QED) is 0.500. The van der Waals surface area contributed by atoms with Gasteiger partial charge < -0.3 is 4.90 Å². The first kappa shape index (κ1) is 16.7. The Morgan fingerprint density at radius 3 is 2.65 bits per heavy atom. The number of aromatic nitrogens is 2. The average molecular weight is 380 g/mol. The summed E-state index contributed by atoms with van der Waals surface area (Å²) in [5.41, 5.74) is 2.81. The van der Waals surface area contributed by atoms with Crippen molar-refractivity contribution in [2.75, 3.05) is 19.0 Å². The molecule has 0 radical (unpaired) electrons. The maximum absolute atomic E-state index is 12.9. The maximum Gasteiger partial charge on any atom is 0.283 e. The second-order valence-corrected chi connectivity index (χ2v) is 7.74. The van der Waals surface area contributed by atoms with E-state index in [1.165, 1.54) is 22.3 Å². The van der Waals surface area contributed by atoms with Crippen LogP contribution < -0.4 is 10.5 Å². The molecular formula is C19H16N4OS2. The monoisotopic (exact) mass is 380 g/mol. The van der Waals surface area contributed by atoms with E-state index in [1.54, 1.807) is 17.6 Å². The highest BCUT2D eigenvalue weighted by Crippen LogP contribution is 2.33. The summed E-state index contributed by atoms with van der Waals surface area (Å²) in [6.07, 6.45) is 3.15. The minimum absolute atomic E-state index is 0.152. The van der Waals surface area contributed by atoms with Gasteiger partial charge in [-0.2, -0.15) is 9.78 Å². The number of hydrogen-bond acceptors (Lipinski definition) is 6. The van der Waals surface area contributed by atoms with Crippen molar-refractivity contribution >= 4 is 44.8 Å². The third kappa shape index (κ3) is 3.07. The Kier molecular flexibility index (Phi) is 4.40. The molecule has 0 bridgehead atoms. The Hall–Kier alpha value is -2.77. The van der Waals surface area contributed by atoms with Crippen molar-refractivity contribution < 1.29 is 0 Å². The molecule has 0 amide bonds. The van der Waals surface area contributed by atoms with Crippen LogP contribution in [0.1, 0.15) is 5.56 Å². The van der Waals surface area contributed by atoms with E-state index in [-0.39, 0.29) is 5.56 Å². The van der Waals surface area contributed by atoms with E-state index in [0.29, 0.717) is 5.39 Å². The standard InChI is InChI=1S/C19H16N4OS2/c1-22(2)14-7-5-13(6-8-14)10-21-23-12-20-18-17(19(23)24)15(11-26-18)16-4-3-9-25-16/h3-12H,1-2H3/b21-10-. The first-order valence-electron chi connectivity index (χ1n) is 7.98. The summed E-state index contributed by atoms with van der Waals surface area (Å²) in [5.74, 6) is 0. The molecule has 0 aliphatic carbocycles. The largest absolute Gasteiger partial charge is 0.378 e. The molecule has 1 aromatic carbocycles. The van der Waals surface area contributed by atoms with Crippen LogP contribution in [-0.4, -0.2) is 30.0 Å². The number of rotatable bonds is 4. The zero-order valence-electron chi connectivity index (χ0n) is 14.3. The number of benzene rings is 1. The molecule has 26 heavy (non-hydrogen) atoms. The molecule has 3 heterocycles. The molecule has 3 aromatic heterocycles. The zero-order chi connectivity index (χ0) is 18.1. The van der Waals surface area contributed by atoms with Crippen LogP contribution in [0.3, 0.4) is 0 Å². The van der Waals surface area contributed by atoms with Crippen LogP contribution in [-0.2, 0) is 0 Å². The van der Waals surface area contributed by atoms with Crippen molar-refractivity contribution in [2.45, 2.75) is 0 Å². The van der Waals surface area contributed by atoms with Crippen LogP contribution in [0.2, 0.25) is 0 Å². The Bertz CT molecular complexity index is 1120. The highest BCUT2D eigenvalue weighted by atomic mass is 32.1. The summed E-state index contributed by atoms with van der Waals surface area (Å²) in [6.45, 7) is 0. The second kappa shape index (κ2) is 6.86.